The first-order valence-corrected chi connectivity index (χ1v) is 10.6. The van der Waals surface area contributed by atoms with Gasteiger partial charge in [0.25, 0.3) is 0 Å². The van der Waals surface area contributed by atoms with Gasteiger partial charge in [0.1, 0.15) is 11.7 Å². The fourth-order valence-electron chi connectivity index (χ4n) is 3.35. The van der Waals surface area contributed by atoms with E-state index in [1.54, 1.807) is 61.7 Å². The molecule has 0 unspecified atom stereocenters. The van der Waals surface area contributed by atoms with Crippen LogP contribution in [0.2, 0.25) is 0 Å². The lowest BCUT2D eigenvalue weighted by Gasteiger charge is -2.30. The first kappa shape index (κ1) is 22.9. The van der Waals surface area contributed by atoms with Crippen molar-refractivity contribution >= 4 is 35.2 Å². The molecular formula is C23H21N3O5S. The minimum absolute atomic E-state index is 0.0444. The normalized spacial score (nSPS) is 17.7. The fourth-order valence-corrected chi connectivity index (χ4v) is 4.20. The summed E-state index contributed by atoms with van der Waals surface area (Å²) < 4.78 is 9.90. The Morgan fingerprint density at radius 2 is 1.81 bits per heavy atom. The molecule has 1 heterocycles. The minimum atomic E-state index is -1.20. The maximum Gasteiger partial charge on any atom is 0.319 e. The van der Waals surface area contributed by atoms with E-state index >= 15 is 0 Å². The van der Waals surface area contributed by atoms with Gasteiger partial charge < -0.3 is 20.1 Å². The van der Waals surface area contributed by atoms with Gasteiger partial charge >= 0.3 is 5.97 Å². The zero-order chi connectivity index (χ0) is 23.1. The van der Waals surface area contributed by atoms with Crippen LogP contribution < -0.4 is 15.4 Å². The van der Waals surface area contributed by atoms with Crippen LogP contribution in [0, 0.1) is 17.2 Å². The summed E-state index contributed by atoms with van der Waals surface area (Å²) in [5.41, 5.74) is 1.43. The van der Waals surface area contributed by atoms with Crippen molar-refractivity contribution in [3.63, 3.8) is 0 Å². The standard InChI is InChI=1S/C23H21N3O5S/c1-30-16-10-8-15(9-11-16)25-18(27)13-32-22-17(12-24)19(14-6-4-3-5-7-14)20(21(28)26-22)23(29)31-2/h3-11,19-20H,13H2,1-2H3,(H,25,27)(H,26,28)/t19-,20-/m1/s1. The van der Waals surface area contributed by atoms with Gasteiger partial charge in [-0.05, 0) is 29.8 Å². The van der Waals surface area contributed by atoms with Crippen molar-refractivity contribution in [1.82, 2.24) is 5.32 Å². The molecule has 0 saturated carbocycles. The van der Waals surface area contributed by atoms with Crippen LogP contribution in [0.25, 0.3) is 0 Å². The number of benzene rings is 2. The van der Waals surface area contributed by atoms with Crippen LogP contribution in [-0.2, 0) is 19.1 Å². The molecule has 2 N–H and O–H groups in total. The zero-order valence-electron chi connectivity index (χ0n) is 17.5. The number of hydrogen-bond donors (Lipinski definition) is 2. The van der Waals surface area contributed by atoms with Gasteiger partial charge in [-0.3, -0.25) is 14.4 Å². The summed E-state index contributed by atoms with van der Waals surface area (Å²) in [6.45, 7) is 0. The predicted molar refractivity (Wildman–Crippen MR) is 120 cm³/mol. The number of ether oxygens (including phenoxy) is 2. The second-order valence-electron chi connectivity index (χ2n) is 6.80. The molecule has 0 aliphatic carbocycles. The Balaban J connectivity index is 1.82. The largest absolute Gasteiger partial charge is 0.497 e. The molecule has 0 fully saturated rings. The van der Waals surface area contributed by atoms with E-state index in [1.807, 2.05) is 0 Å². The number of nitrogens with zero attached hydrogens (tertiary/aromatic N) is 1. The number of carbonyl (C=O) groups excluding carboxylic acids is 3. The van der Waals surface area contributed by atoms with Crippen LogP contribution in [0.15, 0.2) is 65.2 Å². The van der Waals surface area contributed by atoms with Gasteiger partial charge in [-0.1, -0.05) is 42.1 Å². The van der Waals surface area contributed by atoms with E-state index in [2.05, 4.69) is 16.7 Å². The van der Waals surface area contributed by atoms with Crippen molar-refractivity contribution in [2.75, 3.05) is 25.3 Å². The molecule has 1 aliphatic rings. The van der Waals surface area contributed by atoms with Crippen molar-refractivity contribution in [3.8, 4) is 11.8 Å². The van der Waals surface area contributed by atoms with Crippen molar-refractivity contribution in [3.05, 3.63) is 70.8 Å². The van der Waals surface area contributed by atoms with Gasteiger partial charge in [-0.25, -0.2) is 0 Å². The molecule has 164 valence electrons. The molecule has 0 radical (unpaired) electrons. The third-order valence-electron chi connectivity index (χ3n) is 4.86. The highest BCUT2D eigenvalue weighted by Gasteiger charge is 2.44. The van der Waals surface area contributed by atoms with Gasteiger partial charge in [0, 0.05) is 11.6 Å². The SMILES string of the molecule is COC(=O)[C@H]1C(=O)NC(SCC(=O)Nc2ccc(OC)cc2)=C(C#N)[C@H]1c1ccccc1. The molecule has 8 nitrogen and oxygen atoms in total. The third kappa shape index (κ3) is 5.10. The second kappa shape index (κ2) is 10.5. The lowest BCUT2D eigenvalue weighted by Crippen LogP contribution is -2.44. The Hall–Kier alpha value is -3.77. The second-order valence-corrected chi connectivity index (χ2v) is 7.78. The number of hydrogen-bond acceptors (Lipinski definition) is 7. The molecule has 0 spiro atoms. The summed E-state index contributed by atoms with van der Waals surface area (Å²) in [5, 5.41) is 15.5. The van der Waals surface area contributed by atoms with Crippen LogP contribution in [0.5, 0.6) is 5.75 Å². The van der Waals surface area contributed by atoms with E-state index in [0.29, 0.717) is 17.0 Å². The lowest BCUT2D eigenvalue weighted by molar-refractivity contribution is -0.150. The van der Waals surface area contributed by atoms with Crippen LogP contribution in [0.3, 0.4) is 0 Å². The van der Waals surface area contributed by atoms with Gasteiger partial charge in [0.2, 0.25) is 11.8 Å². The molecular weight excluding hydrogens is 430 g/mol. The van der Waals surface area contributed by atoms with Crippen molar-refractivity contribution in [2.45, 2.75) is 5.92 Å². The minimum Gasteiger partial charge on any atom is -0.497 e. The van der Waals surface area contributed by atoms with Crippen molar-refractivity contribution < 1.29 is 23.9 Å². The molecule has 1 aliphatic heterocycles. The van der Waals surface area contributed by atoms with Crippen LogP contribution >= 0.6 is 11.8 Å². The number of carbonyl (C=O) groups is 3. The predicted octanol–water partition coefficient (Wildman–Crippen LogP) is 2.80. The number of allylic oxidation sites excluding steroid dienone is 1. The van der Waals surface area contributed by atoms with Gasteiger partial charge in [-0.2, -0.15) is 5.26 Å². The van der Waals surface area contributed by atoms with Crippen LogP contribution in [0.4, 0.5) is 5.69 Å². The molecule has 2 aromatic carbocycles. The molecule has 2 aromatic rings. The Morgan fingerprint density at radius 3 is 2.41 bits per heavy atom. The Labute approximate surface area is 189 Å². The number of anilines is 1. The summed E-state index contributed by atoms with van der Waals surface area (Å²) in [5.74, 6) is -3.02. The summed E-state index contributed by atoms with van der Waals surface area (Å²) in [6.07, 6.45) is 0. The Morgan fingerprint density at radius 1 is 1.12 bits per heavy atom. The quantitative estimate of drug-likeness (QED) is 0.491. The molecule has 2 amide bonds. The average molecular weight is 452 g/mol. The first-order chi connectivity index (χ1) is 15.5. The van der Waals surface area contributed by atoms with Gasteiger partial charge in [-0.15, -0.1) is 0 Å². The fraction of sp³-hybridized carbons (Fsp3) is 0.217. The summed E-state index contributed by atoms with van der Waals surface area (Å²) >= 11 is 1.02. The van der Waals surface area contributed by atoms with Crippen molar-refractivity contribution in [1.29, 1.82) is 5.26 Å². The molecule has 3 rings (SSSR count). The third-order valence-corrected chi connectivity index (χ3v) is 5.88. The smallest absolute Gasteiger partial charge is 0.319 e. The van der Waals surface area contributed by atoms with Gasteiger partial charge in [0.15, 0.2) is 0 Å². The highest BCUT2D eigenvalue weighted by molar-refractivity contribution is 8.03. The average Bonchev–Trinajstić information content (AvgIpc) is 2.82. The number of nitriles is 1. The highest BCUT2D eigenvalue weighted by atomic mass is 32.2. The topological polar surface area (TPSA) is 118 Å². The first-order valence-electron chi connectivity index (χ1n) is 9.63. The highest BCUT2D eigenvalue weighted by Crippen LogP contribution is 2.40. The number of rotatable bonds is 7. The van der Waals surface area contributed by atoms with Gasteiger partial charge in [0.05, 0.1) is 36.6 Å². The van der Waals surface area contributed by atoms with E-state index < -0.39 is 23.7 Å². The van der Waals surface area contributed by atoms with Crippen LogP contribution in [-0.4, -0.2) is 37.8 Å². The van der Waals surface area contributed by atoms with Crippen molar-refractivity contribution in [2.24, 2.45) is 5.92 Å². The van der Waals surface area contributed by atoms with E-state index in [4.69, 9.17) is 9.47 Å². The van der Waals surface area contributed by atoms with E-state index in [9.17, 15) is 19.6 Å². The number of methoxy groups -OCH3 is 2. The zero-order valence-corrected chi connectivity index (χ0v) is 18.3. The monoisotopic (exact) mass is 451 g/mol. The number of thioether (sulfide) groups is 1. The summed E-state index contributed by atoms with van der Waals surface area (Å²) in [4.78, 5) is 37.5. The maximum absolute atomic E-state index is 12.8. The number of nitrogens with one attached hydrogen (secondary N) is 2. The van der Waals surface area contributed by atoms with Crippen LogP contribution in [0.1, 0.15) is 11.5 Å². The summed E-state index contributed by atoms with van der Waals surface area (Å²) in [7, 11) is 2.75. The molecule has 32 heavy (non-hydrogen) atoms. The number of esters is 1. The number of amides is 2. The Bertz CT molecular complexity index is 1080. The molecule has 0 saturated heterocycles. The lowest BCUT2D eigenvalue weighted by atomic mass is 9.78. The van der Waals surface area contributed by atoms with E-state index in [0.717, 1.165) is 11.8 Å². The molecule has 0 aromatic heterocycles. The Kier molecular flexibility index (Phi) is 7.52. The van der Waals surface area contributed by atoms with E-state index in [-0.39, 0.29) is 22.3 Å². The molecule has 0 bridgehead atoms. The maximum atomic E-state index is 12.8. The molecule has 2 atom stereocenters. The van der Waals surface area contributed by atoms with E-state index in [1.165, 1.54) is 7.11 Å². The molecule has 9 heteroatoms. The summed E-state index contributed by atoms with van der Waals surface area (Å²) in [6, 6.07) is 17.8.